The minimum Gasteiger partial charge on any atom is -0.481 e. The number of nitrogens with zero attached hydrogens (tertiary/aromatic N) is 1. The average molecular weight is 265 g/mol. The molecule has 1 unspecified atom stereocenters. The standard InChI is InChI=1S/C15H20FNO2/c1-10-3-4-12(9-14(10)16)11(2)17(13-5-6-13)8-7-15(18)19/h3-4,9,11,13H,5-8H2,1-2H3,(H,18,19). The Hall–Kier alpha value is -1.42. The summed E-state index contributed by atoms with van der Waals surface area (Å²) in [6.07, 6.45) is 2.35. The summed E-state index contributed by atoms with van der Waals surface area (Å²) >= 11 is 0. The molecule has 1 aliphatic carbocycles. The molecule has 19 heavy (non-hydrogen) atoms. The lowest BCUT2D eigenvalue weighted by Crippen LogP contribution is -2.31. The molecule has 1 N–H and O–H groups in total. The van der Waals surface area contributed by atoms with Gasteiger partial charge in [-0.25, -0.2) is 4.39 Å². The van der Waals surface area contributed by atoms with Gasteiger partial charge < -0.3 is 5.11 Å². The van der Waals surface area contributed by atoms with Crippen molar-refractivity contribution in [3.8, 4) is 0 Å². The van der Waals surface area contributed by atoms with E-state index in [0.717, 1.165) is 18.4 Å². The van der Waals surface area contributed by atoms with Gasteiger partial charge in [-0.05, 0) is 43.9 Å². The number of carbonyl (C=O) groups is 1. The molecule has 2 rings (SSSR count). The maximum Gasteiger partial charge on any atom is 0.304 e. The van der Waals surface area contributed by atoms with Crippen LogP contribution in [0.3, 0.4) is 0 Å². The summed E-state index contributed by atoms with van der Waals surface area (Å²) in [6, 6.07) is 5.79. The van der Waals surface area contributed by atoms with Gasteiger partial charge in [-0.15, -0.1) is 0 Å². The van der Waals surface area contributed by atoms with Crippen LogP contribution < -0.4 is 0 Å². The number of carboxylic acids is 1. The first-order chi connectivity index (χ1) is 8.99. The van der Waals surface area contributed by atoms with Crippen LogP contribution in [0, 0.1) is 12.7 Å². The zero-order chi connectivity index (χ0) is 14.0. The summed E-state index contributed by atoms with van der Waals surface area (Å²) in [5.41, 5.74) is 1.56. The van der Waals surface area contributed by atoms with Gasteiger partial charge in [0, 0.05) is 18.6 Å². The lowest BCUT2D eigenvalue weighted by Gasteiger charge is -2.29. The van der Waals surface area contributed by atoms with Gasteiger partial charge in [0.05, 0.1) is 6.42 Å². The first-order valence-corrected chi connectivity index (χ1v) is 6.72. The molecule has 0 aliphatic heterocycles. The lowest BCUT2D eigenvalue weighted by molar-refractivity contribution is -0.137. The molecule has 0 heterocycles. The third-order valence-electron chi connectivity index (χ3n) is 3.78. The van der Waals surface area contributed by atoms with Crippen LogP contribution in [0.15, 0.2) is 18.2 Å². The Bertz CT molecular complexity index is 471. The van der Waals surface area contributed by atoms with E-state index in [-0.39, 0.29) is 18.3 Å². The van der Waals surface area contributed by atoms with Crippen LogP contribution in [-0.2, 0) is 4.79 Å². The number of benzene rings is 1. The minimum atomic E-state index is -0.784. The molecule has 0 spiro atoms. The Labute approximate surface area is 113 Å². The molecule has 0 aromatic heterocycles. The average Bonchev–Trinajstić information content (AvgIpc) is 3.16. The number of hydrogen-bond donors (Lipinski definition) is 1. The Morgan fingerprint density at radius 1 is 1.53 bits per heavy atom. The lowest BCUT2D eigenvalue weighted by atomic mass is 10.0. The molecule has 0 amide bonds. The molecule has 104 valence electrons. The second-order valence-corrected chi connectivity index (χ2v) is 5.30. The fraction of sp³-hybridized carbons (Fsp3) is 0.533. The predicted molar refractivity (Wildman–Crippen MR) is 71.5 cm³/mol. The largest absolute Gasteiger partial charge is 0.481 e. The third kappa shape index (κ3) is 3.53. The molecule has 0 bridgehead atoms. The van der Waals surface area contributed by atoms with Crippen LogP contribution in [0.5, 0.6) is 0 Å². The molecule has 4 heteroatoms. The van der Waals surface area contributed by atoms with Gasteiger partial charge in [-0.1, -0.05) is 12.1 Å². The molecule has 1 saturated carbocycles. The van der Waals surface area contributed by atoms with E-state index in [9.17, 15) is 9.18 Å². The fourth-order valence-electron chi connectivity index (χ4n) is 2.38. The molecular formula is C15H20FNO2. The molecule has 1 aliphatic rings. The van der Waals surface area contributed by atoms with Crippen LogP contribution in [0.2, 0.25) is 0 Å². The van der Waals surface area contributed by atoms with Gasteiger partial charge in [0.1, 0.15) is 5.82 Å². The van der Waals surface area contributed by atoms with E-state index < -0.39 is 5.97 Å². The first kappa shape index (κ1) is 14.0. The van der Waals surface area contributed by atoms with E-state index in [1.807, 2.05) is 13.0 Å². The van der Waals surface area contributed by atoms with Gasteiger partial charge in [-0.3, -0.25) is 9.69 Å². The normalized spacial score (nSPS) is 16.6. The van der Waals surface area contributed by atoms with Crippen molar-refractivity contribution in [2.45, 2.75) is 45.2 Å². The minimum absolute atomic E-state index is 0.0574. The second-order valence-electron chi connectivity index (χ2n) is 5.30. The third-order valence-corrected chi connectivity index (χ3v) is 3.78. The molecule has 1 aromatic rings. The van der Waals surface area contributed by atoms with Crippen molar-refractivity contribution in [1.82, 2.24) is 4.90 Å². The van der Waals surface area contributed by atoms with Crippen LogP contribution in [-0.4, -0.2) is 28.6 Å². The molecular weight excluding hydrogens is 245 g/mol. The summed E-state index contributed by atoms with van der Waals surface area (Å²) in [7, 11) is 0. The Morgan fingerprint density at radius 3 is 2.74 bits per heavy atom. The fourth-order valence-corrected chi connectivity index (χ4v) is 2.38. The van der Waals surface area contributed by atoms with Gasteiger partial charge >= 0.3 is 5.97 Å². The van der Waals surface area contributed by atoms with Crippen LogP contribution in [0.1, 0.15) is 43.4 Å². The number of aliphatic carboxylic acids is 1. The maximum atomic E-state index is 13.6. The number of aryl methyl sites for hydroxylation is 1. The van der Waals surface area contributed by atoms with E-state index >= 15 is 0 Å². The zero-order valence-electron chi connectivity index (χ0n) is 11.4. The summed E-state index contributed by atoms with van der Waals surface area (Å²) < 4.78 is 13.6. The molecule has 1 atom stereocenters. The molecule has 1 fully saturated rings. The van der Waals surface area contributed by atoms with Crippen molar-refractivity contribution in [2.24, 2.45) is 0 Å². The molecule has 3 nitrogen and oxygen atoms in total. The number of carboxylic acid groups (broad SMARTS) is 1. The summed E-state index contributed by atoms with van der Waals surface area (Å²) in [6.45, 7) is 4.29. The number of hydrogen-bond acceptors (Lipinski definition) is 2. The van der Waals surface area contributed by atoms with E-state index in [1.165, 1.54) is 0 Å². The maximum absolute atomic E-state index is 13.6. The van der Waals surface area contributed by atoms with Crippen molar-refractivity contribution in [1.29, 1.82) is 0 Å². The molecule has 0 radical (unpaired) electrons. The highest BCUT2D eigenvalue weighted by Crippen LogP contribution is 2.34. The summed E-state index contributed by atoms with van der Waals surface area (Å²) in [4.78, 5) is 12.9. The van der Waals surface area contributed by atoms with Crippen LogP contribution in [0.4, 0.5) is 4.39 Å². The predicted octanol–water partition coefficient (Wildman–Crippen LogP) is 3.13. The van der Waals surface area contributed by atoms with Crippen molar-refractivity contribution in [2.75, 3.05) is 6.54 Å². The highest BCUT2D eigenvalue weighted by atomic mass is 19.1. The zero-order valence-corrected chi connectivity index (χ0v) is 11.4. The number of halogens is 1. The summed E-state index contributed by atoms with van der Waals surface area (Å²) in [5.74, 6) is -0.980. The topological polar surface area (TPSA) is 40.5 Å². The quantitative estimate of drug-likeness (QED) is 0.859. The SMILES string of the molecule is Cc1ccc(C(C)N(CCC(=O)O)C2CC2)cc1F. The highest BCUT2D eigenvalue weighted by Gasteiger charge is 2.32. The van der Waals surface area contributed by atoms with Gasteiger partial charge in [0.2, 0.25) is 0 Å². The Morgan fingerprint density at radius 2 is 2.21 bits per heavy atom. The van der Waals surface area contributed by atoms with Gasteiger partial charge in [0.25, 0.3) is 0 Å². The van der Waals surface area contributed by atoms with Crippen molar-refractivity contribution < 1.29 is 14.3 Å². The van der Waals surface area contributed by atoms with E-state index in [1.54, 1.807) is 19.1 Å². The molecule has 0 saturated heterocycles. The smallest absolute Gasteiger partial charge is 0.304 e. The first-order valence-electron chi connectivity index (χ1n) is 6.72. The van der Waals surface area contributed by atoms with Crippen LogP contribution in [0.25, 0.3) is 0 Å². The van der Waals surface area contributed by atoms with Gasteiger partial charge in [0.15, 0.2) is 0 Å². The van der Waals surface area contributed by atoms with Crippen LogP contribution >= 0.6 is 0 Å². The number of rotatable bonds is 6. The summed E-state index contributed by atoms with van der Waals surface area (Å²) in [5, 5.41) is 8.81. The Balaban J connectivity index is 2.11. The van der Waals surface area contributed by atoms with Crippen molar-refractivity contribution in [3.05, 3.63) is 35.1 Å². The molecule has 1 aromatic carbocycles. The van der Waals surface area contributed by atoms with E-state index in [2.05, 4.69) is 4.90 Å². The van der Waals surface area contributed by atoms with E-state index in [4.69, 9.17) is 5.11 Å². The van der Waals surface area contributed by atoms with E-state index in [0.29, 0.717) is 18.2 Å². The van der Waals surface area contributed by atoms with Crippen molar-refractivity contribution in [3.63, 3.8) is 0 Å². The highest BCUT2D eigenvalue weighted by molar-refractivity contribution is 5.66. The second kappa shape index (κ2) is 5.70. The monoisotopic (exact) mass is 265 g/mol. The van der Waals surface area contributed by atoms with Crippen molar-refractivity contribution >= 4 is 5.97 Å². The van der Waals surface area contributed by atoms with Gasteiger partial charge in [-0.2, -0.15) is 0 Å². The Kier molecular flexibility index (Phi) is 4.20.